The molecule has 1 fully saturated rings. The number of carbonyl (C=O) groups is 1. The van der Waals surface area contributed by atoms with E-state index in [1.54, 1.807) is 12.3 Å². The summed E-state index contributed by atoms with van der Waals surface area (Å²) in [5, 5.41) is 0. The van der Waals surface area contributed by atoms with Gasteiger partial charge in [-0.15, -0.1) is 0 Å². The number of halogens is 3. The summed E-state index contributed by atoms with van der Waals surface area (Å²) in [5.41, 5.74) is 1.91. The first-order valence-corrected chi connectivity index (χ1v) is 10.9. The Balaban J connectivity index is 1.33. The second-order valence-electron chi connectivity index (χ2n) is 8.50. The molecule has 6 nitrogen and oxygen atoms in total. The molecule has 9 heteroatoms. The predicted molar refractivity (Wildman–Crippen MR) is 117 cm³/mol. The number of ketones is 1. The lowest BCUT2D eigenvalue weighted by molar-refractivity contribution is -0.137. The van der Waals surface area contributed by atoms with Gasteiger partial charge in [0.1, 0.15) is 5.76 Å². The van der Waals surface area contributed by atoms with Crippen LogP contribution in [-0.2, 0) is 12.6 Å². The fourth-order valence-corrected chi connectivity index (χ4v) is 4.67. The summed E-state index contributed by atoms with van der Waals surface area (Å²) in [6, 6.07) is 9.11. The van der Waals surface area contributed by atoms with Gasteiger partial charge in [-0.1, -0.05) is 6.07 Å². The first kappa shape index (κ1) is 21.5. The highest BCUT2D eigenvalue weighted by Crippen LogP contribution is 2.35. The molecule has 2 aromatic heterocycles. The fourth-order valence-electron chi connectivity index (χ4n) is 4.67. The van der Waals surface area contributed by atoms with Crippen LogP contribution in [0.3, 0.4) is 0 Å². The van der Waals surface area contributed by atoms with Crippen LogP contribution in [-0.4, -0.2) is 41.9 Å². The molecule has 172 valence electrons. The first-order valence-electron chi connectivity index (χ1n) is 10.9. The van der Waals surface area contributed by atoms with Crippen LogP contribution in [0, 0.1) is 6.92 Å². The zero-order valence-corrected chi connectivity index (χ0v) is 18.1. The van der Waals surface area contributed by atoms with Gasteiger partial charge in [0.2, 0.25) is 5.95 Å². The monoisotopic (exact) mass is 456 g/mol. The first-order chi connectivity index (χ1) is 15.8. The lowest BCUT2D eigenvalue weighted by Crippen LogP contribution is -2.47. The Morgan fingerprint density at radius 2 is 1.76 bits per heavy atom. The van der Waals surface area contributed by atoms with Crippen molar-refractivity contribution in [3.05, 3.63) is 70.9 Å². The summed E-state index contributed by atoms with van der Waals surface area (Å²) >= 11 is 0. The number of aromatic nitrogens is 2. The number of carbonyl (C=O) groups excluding carboxylic acids is 1. The summed E-state index contributed by atoms with van der Waals surface area (Å²) in [4.78, 5) is 26.1. The van der Waals surface area contributed by atoms with E-state index in [-0.39, 0.29) is 11.7 Å². The number of hydrogen-bond donors (Lipinski definition) is 0. The van der Waals surface area contributed by atoms with Crippen molar-refractivity contribution in [1.82, 2.24) is 9.97 Å². The molecule has 0 amide bonds. The van der Waals surface area contributed by atoms with Crippen LogP contribution in [0.25, 0.3) is 0 Å². The Bertz CT molecular complexity index is 1170. The predicted octanol–water partition coefficient (Wildman–Crippen LogP) is 4.64. The Morgan fingerprint density at radius 3 is 2.45 bits per heavy atom. The van der Waals surface area contributed by atoms with E-state index in [0.29, 0.717) is 61.9 Å². The third kappa shape index (κ3) is 4.19. The van der Waals surface area contributed by atoms with Crippen LogP contribution >= 0.6 is 0 Å². The minimum absolute atomic E-state index is 0.0241. The number of aryl methyl sites for hydroxylation is 1. The van der Waals surface area contributed by atoms with E-state index in [9.17, 15) is 18.0 Å². The zero-order chi connectivity index (χ0) is 23.2. The van der Waals surface area contributed by atoms with E-state index in [0.717, 1.165) is 17.5 Å². The molecule has 5 rings (SSSR count). The topological polar surface area (TPSA) is 62.5 Å². The quantitative estimate of drug-likeness (QED) is 0.573. The van der Waals surface area contributed by atoms with Crippen molar-refractivity contribution in [3.8, 4) is 0 Å². The van der Waals surface area contributed by atoms with E-state index < -0.39 is 11.7 Å². The van der Waals surface area contributed by atoms with Crippen molar-refractivity contribution in [3.63, 3.8) is 0 Å². The molecule has 0 unspecified atom stereocenters. The fraction of sp³-hybridized carbons (Fsp3) is 0.375. The molecular weight excluding hydrogens is 433 g/mol. The molecular formula is C24H23F3N4O2. The van der Waals surface area contributed by atoms with Crippen molar-refractivity contribution in [1.29, 1.82) is 0 Å². The lowest BCUT2D eigenvalue weighted by Gasteiger charge is -2.37. The van der Waals surface area contributed by atoms with Crippen LogP contribution in [0.4, 0.5) is 24.8 Å². The summed E-state index contributed by atoms with van der Waals surface area (Å²) in [6.45, 7) is 4.07. The van der Waals surface area contributed by atoms with Gasteiger partial charge in [0, 0.05) is 50.6 Å². The van der Waals surface area contributed by atoms with Crippen molar-refractivity contribution in [2.75, 3.05) is 36.0 Å². The van der Waals surface area contributed by atoms with Crippen LogP contribution in [0.2, 0.25) is 0 Å². The average Bonchev–Trinajstić information content (AvgIpc) is 3.33. The number of alkyl halides is 3. The van der Waals surface area contributed by atoms with E-state index in [1.165, 1.54) is 12.1 Å². The molecule has 1 atom stereocenters. The van der Waals surface area contributed by atoms with Crippen molar-refractivity contribution >= 4 is 17.4 Å². The maximum atomic E-state index is 13.1. The SMILES string of the molecule is Cc1nc(N2CCN(c3cccc(C(F)(F)F)c3)CC2)nc2c1C(=O)C[C@@H](c1ccco1)C2. The highest BCUT2D eigenvalue weighted by molar-refractivity contribution is 5.99. The Kier molecular flexibility index (Phi) is 5.34. The minimum atomic E-state index is -4.36. The molecule has 1 aliphatic carbocycles. The average molecular weight is 456 g/mol. The number of rotatable bonds is 3. The molecule has 0 bridgehead atoms. The number of Topliss-reactive ketones (excluding diaryl/α,β-unsaturated/α-hetero) is 1. The third-order valence-corrected chi connectivity index (χ3v) is 6.35. The number of piperazine rings is 1. The number of nitrogens with zero attached hydrogens (tertiary/aromatic N) is 4. The van der Waals surface area contributed by atoms with Crippen LogP contribution < -0.4 is 9.80 Å². The summed E-state index contributed by atoms with van der Waals surface area (Å²) in [7, 11) is 0. The number of furan rings is 1. The van der Waals surface area contributed by atoms with Crippen LogP contribution in [0.1, 0.15) is 45.4 Å². The maximum Gasteiger partial charge on any atom is 0.416 e. The van der Waals surface area contributed by atoms with E-state index in [1.807, 2.05) is 28.9 Å². The van der Waals surface area contributed by atoms with Gasteiger partial charge in [-0.05, 0) is 37.3 Å². The highest BCUT2D eigenvalue weighted by Gasteiger charge is 2.33. The molecule has 0 N–H and O–H groups in total. The molecule has 3 aromatic rings. The lowest BCUT2D eigenvalue weighted by atomic mass is 9.84. The molecule has 33 heavy (non-hydrogen) atoms. The second kappa shape index (κ2) is 8.20. The largest absolute Gasteiger partial charge is 0.469 e. The van der Waals surface area contributed by atoms with Crippen molar-refractivity contribution in [2.24, 2.45) is 0 Å². The van der Waals surface area contributed by atoms with Crippen LogP contribution in [0.5, 0.6) is 0 Å². The minimum Gasteiger partial charge on any atom is -0.469 e. The van der Waals surface area contributed by atoms with Crippen molar-refractivity contribution < 1.29 is 22.4 Å². The smallest absolute Gasteiger partial charge is 0.416 e. The third-order valence-electron chi connectivity index (χ3n) is 6.35. The van der Waals surface area contributed by atoms with Gasteiger partial charge in [0.15, 0.2) is 5.78 Å². The molecule has 2 aliphatic rings. The summed E-state index contributed by atoms with van der Waals surface area (Å²) in [6.07, 6.45) is -1.78. The normalized spacial score (nSPS) is 19.0. The Morgan fingerprint density at radius 1 is 1.00 bits per heavy atom. The van der Waals surface area contributed by atoms with E-state index in [2.05, 4.69) is 4.98 Å². The molecule has 0 radical (unpaired) electrons. The maximum absolute atomic E-state index is 13.1. The van der Waals surface area contributed by atoms with Gasteiger partial charge in [0.25, 0.3) is 0 Å². The molecule has 1 saturated heterocycles. The number of benzene rings is 1. The van der Waals surface area contributed by atoms with Gasteiger partial charge >= 0.3 is 6.18 Å². The van der Waals surface area contributed by atoms with Gasteiger partial charge < -0.3 is 14.2 Å². The Labute approximate surface area is 189 Å². The number of hydrogen-bond acceptors (Lipinski definition) is 6. The van der Waals surface area contributed by atoms with Gasteiger partial charge in [0.05, 0.1) is 28.8 Å². The molecule has 1 aliphatic heterocycles. The summed E-state index contributed by atoms with van der Waals surface area (Å²) < 4.78 is 44.7. The Hall–Kier alpha value is -3.36. The summed E-state index contributed by atoms with van der Waals surface area (Å²) in [5.74, 6) is 1.32. The molecule has 0 spiro atoms. The second-order valence-corrected chi connectivity index (χ2v) is 8.50. The standard InChI is InChI=1S/C24H23F3N4O2/c1-15-22-19(12-16(13-20(22)32)21-6-3-11-33-21)29-23(28-15)31-9-7-30(8-10-31)18-5-2-4-17(14-18)24(25,26)27/h2-6,11,14,16H,7-10,12-13H2,1H3/t16-/m0/s1. The highest BCUT2D eigenvalue weighted by atomic mass is 19.4. The number of anilines is 2. The van der Waals surface area contributed by atoms with Crippen molar-refractivity contribution in [2.45, 2.75) is 31.9 Å². The van der Waals surface area contributed by atoms with Gasteiger partial charge in [-0.25, -0.2) is 9.97 Å². The van der Waals surface area contributed by atoms with Gasteiger partial charge in [-0.3, -0.25) is 4.79 Å². The molecule has 1 aromatic carbocycles. The zero-order valence-electron chi connectivity index (χ0n) is 18.1. The molecule has 0 saturated carbocycles. The van der Waals surface area contributed by atoms with E-state index in [4.69, 9.17) is 9.40 Å². The van der Waals surface area contributed by atoms with Crippen LogP contribution in [0.15, 0.2) is 47.1 Å². The van der Waals surface area contributed by atoms with E-state index >= 15 is 0 Å². The molecule has 3 heterocycles. The van der Waals surface area contributed by atoms with Gasteiger partial charge in [-0.2, -0.15) is 13.2 Å². The number of fused-ring (bicyclic) bond motifs is 1.